The number of hydrogen-bond acceptors (Lipinski definition) is 6. The van der Waals surface area contributed by atoms with E-state index in [9.17, 15) is 4.79 Å². The van der Waals surface area contributed by atoms with E-state index in [0.717, 1.165) is 50.7 Å². The molecule has 1 N–H and O–H groups in total. The van der Waals surface area contributed by atoms with E-state index in [2.05, 4.69) is 25.2 Å². The van der Waals surface area contributed by atoms with E-state index >= 15 is 0 Å². The van der Waals surface area contributed by atoms with Gasteiger partial charge in [-0.25, -0.2) is 4.68 Å². The second kappa shape index (κ2) is 11.0. The van der Waals surface area contributed by atoms with Crippen LogP contribution in [0.2, 0.25) is 0 Å². The lowest BCUT2D eigenvalue weighted by atomic mass is 9.98. The molecular formula is C26H40N6O2. The van der Waals surface area contributed by atoms with Crippen LogP contribution in [0.4, 0.5) is 0 Å². The second-order valence-corrected chi connectivity index (χ2v) is 10.4. The maximum atomic E-state index is 13.1. The smallest absolute Gasteiger partial charge is 0.272 e. The third kappa shape index (κ3) is 5.71. The normalized spacial score (nSPS) is 21.7. The fraction of sp³-hybridized carbons (Fsp3) is 0.731. The Labute approximate surface area is 203 Å². The molecule has 4 heterocycles. The van der Waals surface area contributed by atoms with E-state index < -0.39 is 0 Å². The molecule has 2 aromatic rings. The molecule has 0 aromatic carbocycles. The summed E-state index contributed by atoms with van der Waals surface area (Å²) in [5.41, 5.74) is 1.16. The molecule has 3 aliphatic rings. The number of likely N-dealkylation sites (tertiary alicyclic amines) is 2. The number of pyridine rings is 1. The topological polar surface area (TPSA) is 75.5 Å². The highest BCUT2D eigenvalue weighted by atomic mass is 16.5. The van der Waals surface area contributed by atoms with E-state index in [-0.39, 0.29) is 18.1 Å². The Kier molecular flexibility index (Phi) is 7.64. The van der Waals surface area contributed by atoms with Crippen LogP contribution in [0.3, 0.4) is 0 Å². The molecule has 1 saturated carbocycles. The minimum atomic E-state index is -0.0971. The fourth-order valence-electron chi connectivity index (χ4n) is 5.72. The minimum absolute atomic E-state index is 0.0971. The van der Waals surface area contributed by atoms with Gasteiger partial charge in [0, 0.05) is 45.3 Å². The summed E-state index contributed by atoms with van der Waals surface area (Å²) in [6.45, 7) is 6.93. The molecule has 5 rings (SSSR count). The maximum Gasteiger partial charge on any atom is 0.272 e. The van der Waals surface area contributed by atoms with Gasteiger partial charge < -0.3 is 19.9 Å². The van der Waals surface area contributed by atoms with E-state index in [4.69, 9.17) is 4.74 Å². The van der Waals surface area contributed by atoms with Crippen molar-refractivity contribution in [1.82, 2.24) is 29.9 Å². The molecule has 0 atom stereocenters. The molecular weight excluding hydrogens is 428 g/mol. The van der Waals surface area contributed by atoms with Crippen LogP contribution in [0.25, 0.3) is 11.0 Å². The number of nitrogens with one attached hydrogen (secondary N) is 1. The van der Waals surface area contributed by atoms with Crippen LogP contribution in [0.15, 0.2) is 12.1 Å². The highest BCUT2D eigenvalue weighted by Crippen LogP contribution is 2.25. The van der Waals surface area contributed by atoms with Crippen molar-refractivity contribution in [2.24, 2.45) is 7.05 Å². The highest BCUT2D eigenvalue weighted by molar-refractivity contribution is 6.04. The standard InChI is InChI=1S/C26H40N6O2/c1-30-25-22(10-11-23(28-25)34-21-8-4-2-5-9-21)24(29-30)26(33)27-20-12-16-32(17-13-20)19-18-31-14-6-3-7-15-31/h10-11,20-21H,2-9,12-19H2,1H3,(H,27,33). The van der Waals surface area contributed by atoms with E-state index in [1.807, 2.05) is 19.2 Å². The van der Waals surface area contributed by atoms with Crippen LogP contribution in [-0.2, 0) is 7.05 Å². The molecule has 2 aromatic heterocycles. The van der Waals surface area contributed by atoms with Crippen molar-refractivity contribution in [3.05, 3.63) is 17.8 Å². The average Bonchev–Trinajstić information content (AvgIpc) is 3.21. The lowest BCUT2D eigenvalue weighted by molar-refractivity contribution is 0.0901. The Morgan fingerprint density at radius 3 is 2.35 bits per heavy atom. The summed E-state index contributed by atoms with van der Waals surface area (Å²) >= 11 is 0. The van der Waals surface area contributed by atoms with Gasteiger partial charge in [-0.1, -0.05) is 12.8 Å². The van der Waals surface area contributed by atoms with E-state index in [0.29, 0.717) is 17.2 Å². The molecule has 186 valence electrons. The molecule has 8 nitrogen and oxygen atoms in total. The molecule has 1 aliphatic carbocycles. The second-order valence-electron chi connectivity index (χ2n) is 10.4. The summed E-state index contributed by atoms with van der Waals surface area (Å²) in [6, 6.07) is 4.03. The van der Waals surface area contributed by atoms with Crippen molar-refractivity contribution >= 4 is 16.9 Å². The first-order valence-electron chi connectivity index (χ1n) is 13.4. The SMILES string of the molecule is Cn1nc(C(=O)NC2CCN(CCN3CCCCC3)CC2)c2ccc(OC3CCCCC3)nc21. The van der Waals surface area contributed by atoms with Gasteiger partial charge in [0.05, 0.1) is 5.39 Å². The number of aryl methyl sites for hydroxylation is 1. The minimum Gasteiger partial charge on any atom is -0.474 e. The Hall–Kier alpha value is -2.19. The molecule has 0 radical (unpaired) electrons. The van der Waals surface area contributed by atoms with Gasteiger partial charge in [0.1, 0.15) is 6.10 Å². The molecule has 0 spiro atoms. The summed E-state index contributed by atoms with van der Waals surface area (Å²) in [6.07, 6.45) is 12.2. The molecule has 2 saturated heterocycles. The monoisotopic (exact) mass is 468 g/mol. The number of aromatic nitrogens is 3. The highest BCUT2D eigenvalue weighted by Gasteiger charge is 2.25. The molecule has 2 aliphatic heterocycles. The third-order valence-electron chi connectivity index (χ3n) is 7.82. The quantitative estimate of drug-likeness (QED) is 0.672. The van der Waals surface area contributed by atoms with Gasteiger partial charge in [-0.05, 0) is 70.5 Å². The van der Waals surface area contributed by atoms with Crippen molar-refractivity contribution in [3.8, 4) is 5.88 Å². The predicted molar refractivity (Wildman–Crippen MR) is 133 cm³/mol. The first-order valence-corrected chi connectivity index (χ1v) is 13.4. The van der Waals surface area contributed by atoms with Crippen molar-refractivity contribution in [2.45, 2.75) is 76.4 Å². The lowest BCUT2D eigenvalue weighted by Crippen LogP contribution is -2.47. The van der Waals surface area contributed by atoms with Crippen LogP contribution < -0.4 is 10.1 Å². The van der Waals surface area contributed by atoms with Gasteiger partial charge in [0.2, 0.25) is 5.88 Å². The number of amides is 1. The number of piperidine rings is 2. The van der Waals surface area contributed by atoms with Gasteiger partial charge in [0.15, 0.2) is 11.3 Å². The first kappa shape index (κ1) is 23.5. The largest absolute Gasteiger partial charge is 0.474 e. The number of rotatable bonds is 7. The average molecular weight is 469 g/mol. The number of nitrogens with zero attached hydrogens (tertiary/aromatic N) is 5. The molecule has 34 heavy (non-hydrogen) atoms. The van der Waals surface area contributed by atoms with Gasteiger partial charge >= 0.3 is 0 Å². The lowest BCUT2D eigenvalue weighted by Gasteiger charge is -2.34. The van der Waals surface area contributed by atoms with Crippen LogP contribution in [0, 0.1) is 0 Å². The van der Waals surface area contributed by atoms with Crippen LogP contribution >= 0.6 is 0 Å². The number of hydrogen-bond donors (Lipinski definition) is 1. The first-order chi connectivity index (χ1) is 16.7. The number of carbonyl (C=O) groups excluding carboxylic acids is 1. The predicted octanol–water partition coefficient (Wildman–Crippen LogP) is 3.36. The zero-order valence-electron chi connectivity index (χ0n) is 20.7. The Bertz CT molecular complexity index is 956. The zero-order valence-corrected chi connectivity index (χ0v) is 20.7. The Balaban J connectivity index is 1.14. The van der Waals surface area contributed by atoms with Gasteiger partial charge in [0.25, 0.3) is 5.91 Å². The number of ether oxygens (including phenoxy) is 1. The van der Waals surface area contributed by atoms with Gasteiger partial charge in [-0.2, -0.15) is 10.1 Å². The van der Waals surface area contributed by atoms with Gasteiger partial charge in [-0.3, -0.25) is 4.79 Å². The summed E-state index contributed by atoms with van der Waals surface area (Å²) in [4.78, 5) is 22.9. The number of carbonyl (C=O) groups is 1. The molecule has 0 bridgehead atoms. The fourth-order valence-corrected chi connectivity index (χ4v) is 5.72. The summed E-state index contributed by atoms with van der Waals surface area (Å²) in [5, 5.41) is 8.53. The molecule has 8 heteroatoms. The van der Waals surface area contributed by atoms with Crippen LogP contribution in [-0.4, -0.2) is 81.9 Å². The molecule has 0 unspecified atom stereocenters. The van der Waals surface area contributed by atoms with E-state index in [1.165, 1.54) is 58.2 Å². The van der Waals surface area contributed by atoms with Gasteiger partial charge in [-0.15, -0.1) is 0 Å². The summed E-state index contributed by atoms with van der Waals surface area (Å²) in [5.74, 6) is 0.534. The molecule has 3 fully saturated rings. The van der Waals surface area contributed by atoms with Crippen LogP contribution in [0.1, 0.15) is 74.7 Å². The molecule has 1 amide bonds. The third-order valence-corrected chi connectivity index (χ3v) is 7.82. The maximum absolute atomic E-state index is 13.1. The van der Waals surface area contributed by atoms with Crippen LogP contribution in [0.5, 0.6) is 5.88 Å². The van der Waals surface area contributed by atoms with E-state index in [1.54, 1.807) is 4.68 Å². The zero-order chi connectivity index (χ0) is 23.3. The Morgan fingerprint density at radius 2 is 1.62 bits per heavy atom. The van der Waals surface area contributed by atoms with Crippen molar-refractivity contribution in [3.63, 3.8) is 0 Å². The van der Waals surface area contributed by atoms with Crippen molar-refractivity contribution in [2.75, 3.05) is 39.3 Å². The van der Waals surface area contributed by atoms with Crippen molar-refractivity contribution < 1.29 is 9.53 Å². The Morgan fingerprint density at radius 1 is 0.941 bits per heavy atom. The number of fused-ring (bicyclic) bond motifs is 1. The summed E-state index contributed by atoms with van der Waals surface area (Å²) in [7, 11) is 1.84. The summed E-state index contributed by atoms with van der Waals surface area (Å²) < 4.78 is 7.81. The van der Waals surface area contributed by atoms with Crippen molar-refractivity contribution in [1.29, 1.82) is 0 Å².